The summed E-state index contributed by atoms with van der Waals surface area (Å²) >= 11 is 0. The van der Waals surface area contributed by atoms with Gasteiger partial charge in [0.15, 0.2) is 0 Å². The number of carbonyl (C=O) groups is 1. The molecule has 3 rings (SSSR count). The van der Waals surface area contributed by atoms with Crippen LogP contribution in [0.4, 0.5) is 4.39 Å². The van der Waals surface area contributed by atoms with E-state index in [0.29, 0.717) is 39.1 Å². The summed E-state index contributed by atoms with van der Waals surface area (Å²) in [6.07, 6.45) is 0.944. The summed E-state index contributed by atoms with van der Waals surface area (Å²) < 4.78 is 44.8. The molecule has 0 aromatic heterocycles. The van der Waals surface area contributed by atoms with Gasteiger partial charge in [-0.15, -0.1) is 0 Å². The minimum absolute atomic E-state index is 0.0494. The number of hydrogen-bond acceptors (Lipinski definition) is 5. The Morgan fingerprint density at radius 3 is 2.20 bits per heavy atom. The van der Waals surface area contributed by atoms with Gasteiger partial charge in [0.05, 0.1) is 10.4 Å². The Labute approximate surface area is 146 Å². The largest absolute Gasteiger partial charge is 0.381 e. The monoisotopic (exact) mass is 371 g/mol. The van der Waals surface area contributed by atoms with Crippen molar-refractivity contribution in [3.05, 3.63) is 30.1 Å². The molecule has 2 aliphatic rings. The zero-order chi connectivity index (χ0) is 18.1. The molecule has 0 saturated carbocycles. The molecule has 2 N–H and O–H groups in total. The summed E-state index contributed by atoms with van der Waals surface area (Å²) in [6, 6.07) is 4.74. The molecule has 1 aromatic carbocycles. The first-order valence-corrected chi connectivity index (χ1v) is 9.69. The molecule has 1 aromatic rings. The Balaban J connectivity index is 1.65. The molecule has 2 heterocycles. The summed E-state index contributed by atoms with van der Waals surface area (Å²) in [5.74, 6) is -0.631. The second-order valence-electron chi connectivity index (χ2n) is 6.42. The van der Waals surface area contributed by atoms with Gasteiger partial charge in [0.2, 0.25) is 15.9 Å². The lowest BCUT2D eigenvalue weighted by molar-refractivity contribution is -0.141. The van der Waals surface area contributed by atoms with E-state index in [1.165, 1.54) is 16.4 Å². The van der Waals surface area contributed by atoms with Crippen LogP contribution in [-0.2, 0) is 19.6 Å². The lowest BCUT2D eigenvalue weighted by atomic mass is 9.89. The van der Waals surface area contributed by atoms with E-state index in [4.69, 9.17) is 10.5 Å². The van der Waals surface area contributed by atoms with Crippen LogP contribution in [0.5, 0.6) is 0 Å². The van der Waals surface area contributed by atoms with Gasteiger partial charge in [0.1, 0.15) is 5.82 Å². The third-order valence-corrected chi connectivity index (χ3v) is 6.70. The zero-order valence-corrected chi connectivity index (χ0v) is 14.7. The van der Waals surface area contributed by atoms with Crippen LogP contribution in [0.25, 0.3) is 0 Å². The van der Waals surface area contributed by atoms with Crippen LogP contribution in [-0.4, -0.2) is 68.5 Å². The van der Waals surface area contributed by atoms with Crippen molar-refractivity contribution < 1.29 is 22.3 Å². The third-order valence-electron chi connectivity index (χ3n) is 4.79. The molecular weight excluding hydrogens is 349 g/mol. The fraction of sp³-hybridized carbons (Fsp3) is 0.562. The van der Waals surface area contributed by atoms with Crippen molar-refractivity contribution >= 4 is 15.9 Å². The molecule has 2 aliphatic heterocycles. The quantitative estimate of drug-likeness (QED) is 0.817. The van der Waals surface area contributed by atoms with Crippen LogP contribution in [0.3, 0.4) is 0 Å². The third kappa shape index (κ3) is 3.69. The van der Waals surface area contributed by atoms with E-state index >= 15 is 0 Å². The Bertz CT molecular complexity index is 724. The number of rotatable bonds is 3. The van der Waals surface area contributed by atoms with Crippen LogP contribution in [0, 0.1) is 5.82 Å². The van der Waals surface area contributed by atoms with Crippen LogP contribution < -0.4 is 5.73 Å². The normalized spacial score (nSPS) is 21.9. The molecule has 0 aliphatic carbocycles. The van der Waals surface area contributed by atoms with Gasteiger partial charge in [-0.3, -0.25) is 4.79 Å². The number of sulfonamides is 1. The first kappa shape index (κ1) is 18.2. The molecule has 7 nitrogen and oxygen atoms in total. The summed E-state index contributed by atoms with van der Waals surface area (Å²) in [4.78, 5) is 14.4. The van der Waals surface area contributed by atoms with Gasteiger partial charge in [-0.05, 0) is 37.1 Å². The molecular formula is C16H22FN3O4S. The fourth-order valence-corrected chi connectivity index (χ4v) is 4.57. The zero-order valence-electron chi connectivity index (χ0n) is 13.9. The van der Waals surface area contributed by atoms with Crippen molar-refractivity contribution in [2.45, 2.75) is 23.3 Å². The SMILES string of the molecule is NC1(C(=O)N2CCN(S(=O)(=O)c3ccc(F)cc3)CC2)CCOCC1. The average Bonchev–Trinajstić information content (AvgIpc) is 2.62. The lowest BCUT2D eigenvalue weighted by Crippen LogP contribution is -2.61. The van der Waals surface area contributed by atoms with Crippen molar-refractivity contribution in [1.82, 2.24) is 9.21 Å². The maximum Gasteiger partial charge on any atom is 0.243 e. The number of benzene rings is 1. The first-order chi connectivity index (χ1) is 11.8. The number of halogens is 1. The van der Waals surface area contributed by atoms with E-state index in [9.17, 15) is 17.6 Å². The van der Waals surface area contributed by atoms with E-state index in [0.717, 1.165) is 12.1 Å². The molecule has 0 unspecified atom stereocenters. The summed E-state index contributed by atoms with van der Waals surface area (Å²) in [5.41, 5.74) is 5.30. The number of hydrogen-bond donors (Lipinski definition) is 1. The highest BCUT2D eigenvalue weighted by atomic mass is 32.2. The van der Waals surface area contributed by atoms with Gasteiger partial charge in [-0.1, -0.05) is 0 Å². The number of nitrogens with zero attached hydrogens (tertiary/aromatic N) is 2. The Hall–Kier alpha value is -1.55. The lowest BCUT2D eigenvalue weighted by Gasteiger charge is -2.40. The minimum atomic E-state index is -3.69. The van der Waals surface area contributed by atoms with E-state index < -0.39 is 21.4 Å². The summed E-state index contributed by atoms with van der Waals surface area (Å²) in [6.45, 7) is 1.89. The molecule has 2 saturated heterocycles. The van der Waals surface area contributed by atoms with Crippen molar-refractivity contribution in [2.75, 3.05) is 39.4 Å². The maximum atomic E-state index is 13.0. The van der Waals surface area contributed by atoms with Gasteiger partial charge in [0.25, 0.3) is 0 Å². The van der Waals surface area contributed by atoms with Gasteiger partial charge in [-0.25, -0.2) is 12.8 Å². The molecule has 9 heteroatoms. The van der Waals surface area contributed by atoms with E-state index in [-0.39, 0.29) is 23.9 Å². The predicted molar refractivity (Wildman–Crippen MR) is 88.7 cm³/mol. The van der Waals surface area contributed by atoms with Crippen molar-refractivity contribution in [3.8, 4) is 0 Å². The van der Waals surface area contributed by atoms with E-state index in [1.807, 2.05) is 0 Å². The van der Waals surface area contributed by atoms with Crippen molar-refractivity contribution in [1.29, 1.82) is 0 Å². The minimum Gasteiger partial charge on any atom is -0.381 e. The fourth-order valence-electron chi connectivity index (χ4n) is 3.15. The Kier molecular flexibility index (Phi) is 5.10. The first-order valence-electron chi connectivity index (χ1n) is 8.25. The van der Waals surface area contributed by atoms with Crippen LogP contribution in [0.1, 0.15) is 12.8 Å². The number of ether oxygens (including phenoxy) is 1. The molecule has 1 amide bonds. The topological polar surface area (TPSA) is 92.9 Å². The smallest absolute Gasteiger partial charge is 0.243 e. The second-order valence-corrected chi connectivity index (χ2v) is 8.36. The highest BCUT2D eigenvalue weighted by molar-refractivity contribution is 7.89. The molecule has 2 fully saturated rings. The molecule has 0 bridgehead atoms. The van der Waals surface area contributed by atoms with E-state index in [1.54, 1.807) is 4.90 Å². The maximum absolute atomic E-state index is 13.0. The predicted octanol–water partition coefficient (Wildman–Crippen LogP) is 0.167. The van der Waals surface area contributed by atoms with Crippen LogP contribution in [0.15, 0.2) is 29.2 Å². The Morgan fingerprint density at radius 2 is 1.64 bits per heavy atom. The van der Waals surface area contributed by atoms with Crippen LogP contribution >= 0.6 is 0 Å². The van der Waals surface area contributed by atoms with Gasteiger partial charge in [0, 0.05) is 39.4 Å². The molecule has 0 spiro atoms. The highest BCUT2D eigenvalue weighted by Gasteiger charge is 2.40. The van der Waals surface area contributed by atoms with E-state index in [2.05, 4.69) is 0 Å². The molecule has 25 heavy (non-hydrogen) atoms. The molecule has 0 atom stereocenters. The number of carbonyl (C=O) groups excluding carboxylic acids is 1. The summed E-state index contributed by atoms with van der Waals surface area (Å²) in [7, 11) is -3.69. The van der Waals surface area contributed by atoms with Crippen LogP contribution in [0.2, 0.25) is 0 Å². The van der Waals surface area contributed by atoms with Gasteiger partial charge >= 0.3 is 0 Å². The molecule has 138 valence electrons. The highest BCUT2D eigenvalue weighted by Crippen LogP contribution is 2.23. The standard InChI is InChI=1S/C16H22FN3O4S/c17-13-1-3-14(4-2-13)25(22,23)20-9-7-19(8-10-20)15(21)16(18)5-11-24-12-6-16/h1-4H,5-12,18H2. The second kappa shape index (κ2) is 6.99. The number of nitrogens with two attached hydrogens (primary N) is 1. The van der Waals surface area contributed by atoms with Crippen molar-refractivity contribution in [3.63, 3.8) is 0 Å². The Morgan fingerprint density at radius 1 is 1.08 bits per heavy atom. The summed E-state index contributed by atoms with van der Waals surface area (Å²) in [5, 5.41) is 0. The molecule has 0 radical (unpaired) electrons. The van der Waals surface area contributed by atoms with Crippen molar-refractivity contribution in [2.24, 2.45) is 5.73 Å². The number of amides is 1. The number of piperazine rings is 1. The van der Waals surface area contributed by atoms with Gasteiger partial charge in [-0.2, -0.15) is 4.31 Å². The average molecular weight is 371 g/mol. The van der Waals surface area contributed by atoms with Gasteiger partial charge < -0.3 is 15.4 Å².